The highest BCUT2D eigenvalue weighted by Gasteiger charge is 1.90. The number of unbranched alkanes of at least 4 members (excludes halogenated alkanes) is 14. The van der Waals surface area contributed by atoms with E-state index in [2.05, 4.69) is 20.4 Å². The lowest BCUT2D eigenvalue weighted by atomic mass is 10.1. The van der Waals surface area contributed by atoms with E-state index in [1.54, 1.807) is 0 Å². The number of carbonyl (C=O) groups excluding carboxylic acids is 1. The molecular formula is C21H42O. The van der Waals surface area contributed by atoms with E-state index in [0.717, 1.165) is 25.5 Å². The fourth-order valence-corrected chi connectivity index (χ4v) is 2.43. The number of rotatable bonds is 16. The Kier molecular flexibility index (Phi) is 27.3. The summed E-state index contributed by atoms with van der Waals surface area (Å²) in [6.07, 6.45) is 23.8. The van der Waals surface area contributed by atoms with Crippen LogP contribution in [0.4, 0.5) is 0 Å². The van der Waals surface area contributed by atoms with Crippen molar-refractivity contribution in [1.29, 1.82) is 0 Å². The minimum atomic E-state index is 0.746. The summed E-state index contributed by atoms with van der Waals surface area (Å²) in [6.45, 7) is 8.22. The van der Waals surface area contributed by atoms with Crippen molar-refractivity contribution in [2.45, 2.75) is 117 Å². The van der Waals surface area contributed by atoms with Crippen LogP contribution >= 0.6 is 0 Å². The Labute approximate surface area is 141 Å². The van der Waals surface area contributed by atoms with Gasteiger partial charge in [0.2, 0.25) is 0 Å². The highest BCUT2D eigenvalue weighted by Crippen LogP contribution is 2.09. The van der Waals surface area contributed by atoms with E-state index in [1.165, 1.54) is 83.5 Å². The minimum Gasteiger partial charge on any atom is -0.303 e. The molecule has 22 heavy (non-hydrogen) atoms. The average Bonchev–Trinajstić information content (AvgIpc) is 2.54. The van der Waals surface area contributed by atoms with E-state index in [1.807, 2.05) is 6.08 Å². The van der Waals surface area contributed by atoms with Crippen LogP contribution in [0, 0.1) is 0 Å². The van der Waals surface area contributed by atoms with Gasteiger partial charge in [-0.3, -0.25) is 0 Å². The van der Waals surface area contributed by atoms with Gasteiger partial charge in [0.05, 0.1) is 0 Å². The fraction of sp³-hybridized carbons (Fsp3) is 0.857. The van der Waals surface area contributed by atoms with Crippen LogP contribution in [0.3, 0.4) is 0 Å². The van der Waals surface area contributed by atoms with Gasteiger partial charge in [-0.1, -0.05) is 97.0 Å². The molecule has 0 aromatic heterocycles. The van der Waals surface area contributed by atoms with Crippen LogP contribution in [0.15, 0.2) is 12.7 Å². The van der Waals surface area contributed by atoms with Crippen molar-refractivity contribution in [2.75, 3.05) is 0 Å². The molecular weight excluding hydrogens is 268 g/mol. The summed E-state index contributed by atoms with van der Waals surface area (Å²) in [5, 5.41) is 0. The first-order valence-electron chi connectivity index (χ1n) is 9.87. The summed E-state index contributed by atoms with van der Waals surface area (Å²) in [5.41, 5.74) is 0. The molecule has 0 spiro atoms. The second-order valence-corrected chi connectivity index (χ2v) is 6.28. The zero-order chi connectivity index (χ0) is 16.7. The maximum atomic E-state index is 10.0. The van der Waals surface area contributed by atoms with Gasteiger partial charge in [-0.25, -0.2) is 0 Å². The summed E-state index contributed by atoms with van der Waals surface area (Å²) in [6, 6.07) is 0. The van der Waals surface area contributed by atoms with Gasteiger partial charge in [0.25, 0.3) is 0 Å². The number of allylic oxidation sites excluding steroid dienone is 1. The molecule has 0 aliphatic rings. The second kappa shape index (κ2) is 25.4. The molecule has 1 nitrogen and oxygen atoms in total. The molecule has 0 atom stereocenters. The molecule has 0 amide bonds. The zero-order valence-corrected chi connectivity index (χ0v) is 15.6. The molecule has 0 fully saturated rings. The van der Waals surface area contributed by atoms with Crippen LogP contribution in [0.2, 0.25) is 0 Å². The lowest BCUT2D eigenvalue weighted by Crippen LogP contribution is -1.81. The highest BCUT2D eigenvalue weighted by atomic mass is 16.1. The maximum absolute atomic E-state index is 10.0. The van der Waals surface area contributed by atoms with Gasteiger partial charge in [0.1, 0.15) is 6.29 Å². The van der Waals surface area contributed by atoms with Crippen LogP contribution in [0.5, 0.6) is 0 Å². The number of carbonyl (C=O) groups is 1. The SMILES string of the molecule is C=CCCCCCCCCCC=O.CCCCCCCCC. The summed E-state index contributed by atoms with van der Waals surface area (Å²) >= 11 is 0. The molecule has 132 valence electrons. The lowest BCUT2D eigenvalue weighted by molar-refractivity contribution is -0.107. The van der Waals surface area contributed by atoms with E-state index in [-0.39, 0.29) is 0 Å². The van der Waals surface area contributed by atoms with Gasteiger partial charge < -0.3 is 4.79 Å². The van der Waals surface area contributed by atoms with Crippen LogP contribution in [-0.4, -0.2) is 6.29 Å². The largest absolute Gasteiger partial charge is 0.303 e. The number of aldehydes is 1. The summed E-state index contributed by atoms with van der Waals surface area (Å²) in [5.74, 6) is 0. The third-order valence-corrected chi connectivity index (χ3v) is 3.94. The molecule has 0 unspecified atom stereocenters. The molecule has 0 heterocycles. The molecule has 1 heteroatoms. The Bertz CT molecular complexity index is 178. The zero-order valence-electron chi connectivity index (χ0n) is 15.6. The predicted molar refractivity (Wildman–Crippen MR) is 101 cm³/mol. The summed E-state index contributed by atoms with van der Waals surface area (Å²) in [4.78, 5) is 10.0. The van der Waals surface area contributed by atoms with Gasteiger partial charge in [0.15, 0.2) is 0 Å². The van der Waals surface area contributed by atoms with Crippen molar-refractivity contribution in [2.24, 2.45) is 0 Å². The molecule has 0 bridgehead atoms. The van der Waals surface area contributed by atoms with Crippen LogP contribution in [0.1, 0.15) is 117 Å². The first-order chi connectivity index (χ1) is 10.8. The van der Waals surface area contributed by atoms with Gasteiger partial charge >= 0.3 is 0 Å². The van der Waals surface area contributed by atoms with Gasteiger partial charge in [-0.2, -0.15) is 0 Å². The summed E-state index contributed by atoms with van der Waals surface area (Å²) in [7, 11) is 0. The Hall–Kier alpha value is -0.590. The summed E-state index contributed by atoms with van der Waals surface area (Å²) < 4.78 is 0. The predicted octanol–water partition coefficient (Wildman–Crippen LogP) is 7.64. The first kappa shape index (κ1) is 23.7. The Morgan fingerprint density at radius 3 is 1.32 bits per heavy atom. The number of hydrogen-bond acceptors (Lipinski definition) is 1. The van der Waals surface area contributed by atoms with Crippen LogP contribution < -0.4 is 0 Å². The van der Waals surface area contributed by atoms with Crippen molar-refractivity contribution < 1.29 is 4.79 Å². The van der Waals surface area contributed by atoms with Gasteiger partial charge in [0, 0.05) is 6.42 Å². The molecule has 0 aliphatic carbocycles. The van der Waals surface area contributed by atoms with Gasteiger partial charge in [-0.15, -0.1) is 6.58 Å². The van der Waals surface area contributed by atoms with Crippen molar-refractivity contribution in [3.05, 3.63) is 12.7 Å². The first-order valence-corrected chi connectivity index (χ1v) is 9.87. The van der Waals surface area contributed by atoms with E-state index >= 15 is 0 Å². The molecule has 0 N–H and O–H groups in total. The van der Waals surface area contributed by atoms with E-state index < -0.39 is 0 Å². The topological polar surface area (TPSA) is 17.1 Å². The Morgan fingerprint density at radius 1 is 0.591 bits per heavy atom. The molecule has 0 saturated heterocycles. The van der Waals surface area contributed by atoms with E-state index in [0.29, 0.717) is 0 Å². The van der Waals surface area contributed by atoms with Crippen molar-refractivity contribution in [3.63, 3.8) is 0 Å². The monoisotopic (exact) mass is 310 g/mol. The Balaban J connectivity index is 0. The molecule has 0 saturated carbocycles. The molecule has 0 rings (SSSR count). The normalized spacial score (nSPS) is 9.91. The fourth-order valence-electron chi connectivity index (χ4n) is 2.43. The minimum absolute atomic E-state index is 0.746. The smallest absolute Gasteiger partial charge is 0.119 e. The quantitative estimate of drug-likeness (QED) is 0.163. The van der Waals surface area contributed by atoms with Crippen molar-refractivity contribution in [1.82, 2.24) is 0 Å². The van der Waals surface area contributed by atoms with Crippen LogP contribution in [0.25, 0.3) is 0 Å². The van der Waals surface area contributed by atoms with E-state index in [4.69, 9.17) is 0 Å². The van der Waals surface area contributed by atoms with Crippen molar-refractivity contribution >= 4 is 6.29 Å². The lowest BCUT2D eigenvalue weighted by Gasteiger charge is -1.99. The average molecular weight is 311 g/mol. The van der Waals surface area contributed by atoms with Crippen molar-refractivity contribution in [3.8, 4) is 0 Å². The number of hydrogen-bond donors (Lipinski definition) is 0. The Morgan fingerprint density at radius 2 is 0.955 bits per heavy atom. The third-order valence-electron chi connectivity index (χ3n) is 3.94. The molecule has 0 aliphatic heterocycles. The molecule has 0 aromatic rings. The third kappa shape index (κ3) is 27.7. The maximum Gasteiger partial charge on any atom is 0.119 e. The standard InChI is InChI=1S/C12H22O.C9H20/c1-2-3-4-5-6-7-8-9-10-11-12-13;1-3-5-7-9-8-6-4-2/h2,12H,1,3-11H2;3-9H2,1-2H3. The molecule has 0 aromatic carbocycles. The van der Waals surface area contributed by atoms with Gasteiger partial charge in [-0.05, 0) is 19.3 Å². The molecule has 0 radical (unpaired) electrons. The van der Waals surface area contributed by atoms with Crippen LogP contribution in [-0.2, 0) is 4.79 Å². The second-order valence-electron chi connectivity index (χ2n) is 6.28. The van der Waals surface area contributed by atoms with E-state index in [9.17, 15) is 4.79 Å². The highest BCUT2D eigenvalue weighted by molar-refractivity contribution is 5.48.